The zero-order valence-electron chi connectivity index (χ0n) is 9.54. The van der Waals surface area contributed by atoms with Crippen molar-refractivity contribution in [3.05, 3.63) is 0 Å². The maximum absolute atomic E-state index is 3.40. The third-order valence-electron chi connectivity index (χ3n) is 3.08. The largest absolute Gasteiger partial charge is 0.314 e. The molecule has 3 nitrogen and oxygen atoms in total. The summed E-state index contributed by atoms with van der Waals surface area (Å²) in [6, 6.07) is 1.95. The Balaban J connectivity index is 2.56. The quantitative estimate of drug-likeness (QED) is 0.679. The predicted molar refractivity (Wildman–Crippen MR) is 57.0 cm³/mol. The molecule has 2 atom stereocenters. The van der Waals surface area contributed by atoms with Crippen LogP contribution in [0.5, 0.6) is 0 Å². The van der Waals surface area contributed by atoms with E-state index in [9.17, 15) is 0 Å². The van der Waals surface area contributed by atoms with Gasteiger partial charge in [-0.2, -0.15) is 0 Å². The summed E-state index contributed by atoms with van der Waals surface area (Å²) in [4.78, 5) is 4.86. The van der Waals surface area contributed by atoms with Crippen LogP contribution in [-0.2, 0) is 0 Å². The summed E-state index contributed by atoms with van der Waals surface area (Å²) in [5.74, 6) is 0. The maximum atomic E-state index is 3.40. The fourth-order valence-corrected chi connectivity index (χ4v) is 2.04. The smallest absolute Gasteiger partial charge is 0.0382 e. The Morgan fingerprint density at radius 1 is 1.31 bits per heavy atom. The van der Waals surface area contributed by atoms with Gasteiger partial charge in [-0.25, -0.2) is 0 Å². The van der Waals surface area contributed by atoms with E-state index in [0.29, 0.717) is 18.1 Å². The average molecular weight is 185 g/mol. The van der Waals surface area contributed by atoms with Gasteiger partial charge in [0.15, 0.2) is 0 Å². The molecule has 0 radical (unpaired) electrons. The number of likely N-dealkylation sites (N-methyl/N-ethyl adjacent to an activating group) is 2. The van der Waals surface area contributed by atoms with E-state index in [4.69, 9.17) is 0 Å². The van der Waals surface area contributed by atoms with Gasteiger partial charge in [0.2, 0.25) is 0 Å². The molecule has 1 N–H and O–H groups in total. The highest BCUT2D eigenvalue weighted by Gasteiger charge is 2.33. The van der Waals surface area contributed by atoms with Gasteiger partial charge in [-0.15, -0.1) is 0 Å². The van der Waals surface area contributed by atoms with E-state index < -0.39 is 0 Å². The molecule has 1 fully saturated rings. The number of likely N-dealkylation sites (tertiary alicyclic amines) is 1. The molecule has 0 bridgehead atoms. The summed E-state index contributed by atoms with van der Waals surface area (Å²) in [5, 5.41) is 3.40. The zero-order valence-corrected chi connectivity index (χ0v) is 9.54. The van der Waals surface area contributed by atoms with Crippen molar-refractivity contribution in [3.8, 4) is 0 Å². The minimum absolute atomic E-state index is 0.623. The lowest BCUT2D eigenvalue weighted by atomic mass is 10.1. The SMILES string of the molecule is CNC1CN(C(C)C)CC1N(C)C. The third-order valence-corrected chi connectivity index (χ3v) is 3.08. The van der Waals surface area contributed by atoms with Crippen molar-refractivity contribution in [2.75, 3.05) is 34.2 Å². The molecule has 13 heavy (non-hydrogen) atoms. The molecule has 1 heterocycles. The van der Waals surface area contributed by atoms with Crippen molar-refractivity contribution in [2.45, 2.75) is 32.0 Å². The van der Waals surface area contributed by atoms with E-state index in [1.54, 1.807) is 0 Å². The molecule has 2 unspecified atom stereocenters. The first kappa shape index (κ1) is 11.0. The second-order valence-electron chi connectivity index (χ2n) is 4.47. The molecule has 1 rings (SSSR count). The van der Waals surface area contributed by atoms with E-state index in [2.05, 4.69) is 50.1 Å². The summed E-state index contributed by atoms with van der Waals surface area (Å²) in [5.41, 5.74) is 0. The van der Waals surface area contributed by atoms with E-state index in [0.717, 1.165) is 0 Å². The summed E-state index contributed by atoms with van der Waals surface area (Å²) in [7, 11) is 6.39. The summed E-state index contributed by atoms with van der Waals surface area (Å²) >= 11 is 0. The minimum Gasteiger partial charge on any atom is -0.314 e. The van der Waals surface area contributed by atoms with Crippen LogP contribution in [0.2, 0.25) is 0 Å². The van der Waals surface area contributed by atoms with E-state index in [1.807, 2.05) is 0 Å². The van der Waals surface area contributed by atoms with Gasteiger partial charge in [0.05, 0.1) is 0 Å². The first-order valence-corrected chi connectivity index (χ1v) is 5.14. The van der Waals surface area contributed by atoms with Crippen LogP contribution >= 0.6 is 0 Å². The molecule has 1 aliphatic heterocycles. The average Bonchev–Trinajstić information content (AvgIpc) is 2.47. The van der Waals surface area contributed by atoms with Crippen LogP contribution in [-0.4, -0.2) is 62.2 Å². The molecule has 0 aromatic heterocycles. The summed E-state index contributed by atoms with van der Waals surface area (Å²) < 4.78 is 0. The molecule has 0 aliphatic carbocycles. The van der Waals surface area contributed by atoms with Gasteiger partial charge >= 0.3 is 0 Å². The molecule has 1 aliphatic rings. The van der Waals surface area contributed by atoms with Crippen LogP contribution in [0.15, 0.2) is 0 Å². The topological polar surface area (TPSA) is 18.5 Å². The van der Waals surface area contributed by atoms with E-state index in [1.165, 1.54) is 13.1 Å². The van der Waals surface area contributed by atoms with Gasteiger partial charge in [-0.1, -0.05) is 0 Å². The number of hydrogen-bond acceptors (Lipinski definition) is 3. The second-order valence-corrected chi connectivity index (χ2v) is 4.47. The lowest BCUT2D eigenvalue weighted by Gasteiger charge is -2.24. The highest BCUT2D eigenvalue weighted by molar-refractivity contribution is 4.94. The predicted octanol–water partition coefficient (Wildman–Crippen LogP) is 0.229. The first-order valence-electron chi connectivity index (χ1n) is 5.14. The Bertz CT molecular complexity index is 156. The molecular formula is C10H23N3. The first-order chi connectivity index (χ1) is 6.06. The normalized spacial score (nSPS) is 30.7. The Kier molecular flexibility index (Phi) is 3.71. The Labute approximate surface area is 82.1 Å². The molecule has 0 spiro atoms. The van der Waals surface area contributed by atoms with Crippen LogP contribution < -0.4 is 5.32 Å². The monoisotopic (exact) mass is 185 g/mol. The number of rotatable bonds is 3. The van der Waals surface area contributed by atoms with Gasteiger partial charge in [0.25, 0.3) is 0 Å². The van der Waals surface area contributed by atoms with Crippen LogP contribution in [0.25, 0.3) is 0 Å². The van der Waals surface area contributed by atoms with Gasteiger partial charge in [0, 0.05) is 31.2 Å². The van der Waals surface area contributed by atoms with Crippen molar-refractivity contribution in [1.82, 2.24) is 15.1 Å². The fourth-order valence-electron chi connectivity index (χ4n) is 2.04. The number of nitrogens with one attached hydrogen (secondary N) is 1. The van der Waals surface area contributed by atoms with Gasteiger partial charge in [-0.05, 0) is 35.0 Å². The van der Waals surface area contributed by atoms with Crippen LogP contribution in [0.1, 0.15) is 13.8 Å². The molecule has 3 heteroatoms. The van der Waals surface area contributed by atoms with Gasteiger partial charge in [-0.3, -0.25) is 4.90 Å². The third kappa shape index (κ3) is 2.42. The van der Waals surface area contributed by atoms with Gasteiger partial charge in [0.1, 0.15) is 0 Å². The Hall–Kier alpha value is -0.120. The van der Waals surface area contributed by atoms with Crippen molar-refractivity contribution in [2.24, 2.45) is 0 Å². The summed E-state index contributed by atoms with van der Waals surface area (Å²) in [6.07, 6.45) is 0. The number of hydrogen-bond donors (Lipinski definition) is 1. The van der Waals surface area contributed by atoms with Crippen molar-refractivity contribution in [3.63, 3.8) is 0 Å². The lowest BCUT2D eigenvalue weighted by molar-refractivity contribution is 0.234. The lowest BCUT2D eigenvalue weighted by Crippen LogP contribution is -2.44. The zero-order chi connectivity index (χ0) is 10.0. The van der Waals surface area contributed by atoms with E-state index in [-0.39, 0.29) is 0 Å². The molecule has 78 valence electrons. The fraction of sp³-hybridized carbons (Fsp3) is 1.00. The Morgan fingerprint density at radius 3 is 2.23 bits per heavy atom. The summed E-state index contributed by atoms with van der Waals surface area (Å²) in [6.45, 7) is 6.91. The van der Waals surface area contributed by atoms with Crippen molar-refractivity contribution < 1.29 is 0 Å². The molecular weight excluding hydrogens is 162 g/mol. The molecule has 0 aromatic carbocycles. The number of nitrogens with zero attached hydrogens (tertiary/aromatic N) is 2. The Morgan fingerprint density at radius 2 is 1.92 bits per heavy atom. The second kappa shape index (κ2) is 4.40. The molecule has 0 amide bonds. The molecule has 0 aromatic rings. The van der Waals surface area contributed by atoms with Gasteiger partial charge < -0.3 is 10.2 Å². The highest BCUT2D eigenvalue weighted by atomic mass is 15.3. The maximum Gasteiger partial charge on any atom is 0.0382 e. The van der Waals surface area contributed by atoms with Crippen molar-refractivity contribution in [1.29, 1.82) is 0 Å². The van der Waals surface area contributed by atoms with E-state index >= 15 is 0 Å². The van der Waals surface area contributed by atoms with Crippen LogP contribution in [0.4, 0.5) is 0 Å². The molecule has 1 saturated heterocycles. The molecule has 0 saturated carbocycles. The standard InChI is InChI=1S/C10H23N3/c1-8(2)13-6-9(11-3)10(7-13)12(4)5/h8-11H,6-7H2,1-5H3. The minimum atomic E-state index is 0.623. The van der Waals surface area contributed by atoms with Crippen LogP contribution in [0, 0.1) is 0 Å². The highest BCUT2D eigenvalue weighted by Crippen LogP contribution is 2.16. The van der Waals surface area contributed by atoms with Crippen molar-refractivity contribution >= 4 is 0 Å². The van der Waals surface area contributed by atoms with Crippen LogP contribution in [0.3, 0.4) is 0 Å².